The smallest absolute Gasteiger partial charge is 0.255 e. The number of nitrogens with one attached hydrogen (secondary N) is 1. The molecule has 3 nitrogen and oxygen atoms in total. The van der Waals surface area contributed by atoms with Crippen molar-refractivity contribution >= 4 is 33.4 Å². The quantitative estimate of drug-likeness (QED) is 0.310. The van der Waals surface area contributed by atoms with Crippen LogP contribution < -0.4 is 9.88 Å². The highest BCUT2D eigenvalue weighted by molar-refractivity contribution is 6.08. The largest absolute Gasteiger partial charge is 0.322 e. The third kappa shape index (κ3) is 3.11. The van der Waals surface area contributed by atoms with Crippen molar-refractivity contribution in [1.82, 2.24) is 0 Å². The molecule has 0 aliphatic heterocycles. The van der Waals surface area contributed by atoms with Gasteiger partial charge in [0.05, 0.1) is 10.8 Å². The van der Waals surface area contributed by atoms with Crippen molar-refractivity contribution in [3.63, 3.8) is 0 Å². The first-order valence-corrected chi connectivity index (χ1v) is 9.99. The van der Waals surface area contributed by atoms with E-state index in [9.17, 15) is 4.79 Å². The van der Waals surface area contributed by atoms with Crippen molar-refractivity contribution < 1.29 is 9.36 Å². The predicted molar refractivity (Wildman–Crippen MR) is 122 cm³/mol. The molecule has 3 heteroatoms. The maximum absolute atomic E-state index is 12.4. The molecule has 1 heterocycles. The van der Waals surface area contributed by atoms with E-state index in [2.05, 4.69) is 77.6 Å². The Kier molecular flexibility index (Phi) is 4.49. The minimum absolute atomic E-state index is 0.106. The van der Waals surface area contributed by atoms with Crippen LogP contribution in [0.25, 0.3) is 32.9 Å². The van der Waals surface area contributed by atoms with Crippen molar-refractivity contribution in [3.8, 4) is 11.1 Å². The van der Waals surface area contributed by atoms with Gasteiger partial charge in [-0.05, 0) is 42.0 Å². The summed E-state index contributed by atoms with van der Waals surface area (Å²) in [4.78, 5) is 12.4. The summed E-state index contributed by atoms with van der Waals surface area (Å²) in [7, 11) is 2.11. The zero-order valence-corrected chi connectivity index (χ0v) is 16.7. The first kappa shape index (κ1) is 18.1. The highest BCUT2D eigenvalue weighted by Gasteiger charge is 2.18. The molecular weight excluding hydrogens is 368 g/mol. The lowest BCUT2D eigenvalue weighted by atomic mass is 9.95. The van der Waals surface area contributed by atoms with E-state index in [0.717, 1.165) is 11.3 Å². The number of benzene rings is 4. The van der Waals surface area contributed by atoms with Crippen molar-refractivity contribution in [2.75, 3.05) is 5.32 Å². The van der Waals surface area contributed by atoms with Gasteiger partial charge in [0.1, 0.15) is 7.05 Å². The normalized spacial score (nSPS) is 11.0. The highest BCUT2D eigenvalue weighted by Crippen LogP contribution is 2.34. The molecule has 1 aromatic heterocycles. The fourth-order valence-electron chi connectivity index (χ4n) is 4.05. The number of aromatic nitrogens is 1. The maximum atomic E-state index is 12.4. The van der Waals surface area contributed by atoms with Gasteiger partial charge in [0.2, 0.25) is 11.0 Å². The van der Waals surface area contributed by atoms with Crippen LogP contribution in [0.2, 0.25) is 0 Å². The second kappa shape index (κ2) is 7.45. The minimum Gasteiger partial charge on any atom is -0.322 e. The molecule has 0 radical (unpaired) electrons. The summed E-state index contributed by atoms with van der Waals surface area (Å²) in [5.41, 5.74) is 6.14. The number of carbonyl (C=O) groups excluding carboxylic acids is 1. The number of fused-ring (bicyclic) bond motifs is 2. The van der Waals surface area contributed by atoms with E-state index in [-0.39, 0.29) is 5.91 Å². The van der Waals surface area contributed by atoms with Crippen LogP contribution in [0.15, 0.2) is 103 Å². The molecule has 1 N–H and O–H groups in total. The third-order valence-corrected chi connectivity index (χ3v) is 5.54. The van der Waals surface area contributed by atoms with E-state index in [1.807, 2.05) is 42.5 Å². The lowest BCUT2D eigenvalue weighted by Gasteiger charge is -2.11. The molecule has 5 rings (SSSR count). The summed E-state index contributed by atoms with van der Waals surface area (Å²) < 4.78 is 2.24. The van der Waals surface area contributed by atoms with Gasteiger partial charge in [0.25, 0.3) is 5.91 Å². The molecule has 0 saturated carbocycles. The van der Waals surface area contributed by atoms with Gasteiger partial charge in [-0.3, -0.25) is 4.79 Å². The van der Waals surface area contributed by atoms with Crippen LogP contribution in [0.1, 0.15) is 10.4 Å². The fourth-order valence-corrected chi connectivity index (χ4v) is 4.05. The molecule has 1 amide bonds. The van der Waals surface area contributed by atoms with E-state index in [1.54, 1.807) is 0 Å². The molecule has 5 aromatic rings. The first-order chi connectivity index (χ1) is 14.7. The molecule has 0 unspecified atom stereocenters. The number of amides is 1. The summed E-state index contributed by atoms with van der Waals surface area (Å²) in [6.45, 7) is 0. The molecule has 0 saturated heterocycles. The summed E-state index contributed by atoms with van der Waals surface area (Å²) in [5, 5.41) is 5.39. The average molecular weight is 389 g/mol. The molecule has 30 heavy (non-hydrogen) atoms. The van der Waals surface area contributed by atoms with Crippen molar-refractivity contribution in [3.05, 3.63) is 109 Å². The van der Waals surface area contributed by atoms with Crippen LogP contribution in [0.5, 0.6) is 0 Å². The molecule has 4 aromatic carbocycles. The van der Waals surface area contributed by atoms with Crippen molar-refractivity contribution in [2.45, 2.75) is 0 Å². The number of nitrogens with zero attached hydrogens (tertiary/aromatic N) is 1. The van der Waals surface area contributed by atoms with Crippen molar-refractivity contribution in [2.24, 2.45) is 7.05 Å². The van der Waals surface area contributed by atoms with Crippen LogP contribution in [0.4, 0.5) is 5.69 Å². The van der Waals surface area contributed by atoms with Crippen LogP contribution >= 0.6 is 0 Å². The van der Waals surface area contributed by atoms with Gasteiger partial charge in [0, 0.05) is 28.9 Å². The van der Waals surface area contributed by atoms with Crippen LogP contribution in [0, 0.1) is 0 Å². The van der Waals surface area contributed by atoms with Gasteiger partial charge in [-0.15, -0.1) is 0 Å². The fraction of sp³-hybridized carbons (Fsp3) is 0.0370. The number of anilines is 1. The average Bonchev–Trinajstić information content (AvgIpc) is 2.81. The number of hydrogen-bond acceptors (Lipinski definition) is 1. The Morgan fingerprint density at radius 1 is 0.667 bits per heavy atom. The number of carbonyl (C=O) groups is 1. The van der Waals surface area contributed by atoms with Gasteiger partial charge in [-0.25, -0.2) is 0 Å². The van der Waals surface area contributed by atoms with Crippen LogP contribution in [-0.4, -0.2) is 5.91 Å². The number of rotatable bonds is 3. The SMILES string of the molecule is C[n+]1c2ccccc2c(-c2ccc(NC(=O)c3ccccc3)cc2)c2ccccc21. The van der Waals surface area contributed by atoms with Gasteiger partial charge in [-0.2, -0.15) is 4.57 Å². The van der Waals surface area contributed by atoms with E-state index in [1.165, 1.54) is 27.4 Å². The predicted octanol–water partition coefficient (Wildman–Crippen LogP) is 5.74. The van der Waals surface area contributed by atoms with Gasteiger partial charge in [-0.1, -0.05) is 54.6 Å². The Bertz CT molecular complexity index is 1320. The van der Waals surface area contributed by atoms with Gasteiger partial charge in [0.15, 0.2) is 0 Å². The Hall–Kier alpha value is -3.98. The minimum atomic E-state index is -0.106. The van der Waals surface area contributed by atoms with Crippen molar-refractivity contribution in [1.29, 1.82) is 0 Å². The molecule has 144 valence electrons. The highest BCUT2D eigenvalue weighted by atomic mass is 16.1. The molecule has 0 aliphatic carbocycles. The van der Waals surface area contributed by atoms with E-state index in [0.29, 0.717) is 5.56 Å². The molecule has 0 aliphatic rings. The third-order valence-electron chi connectivity index (χ3n) is 5.54. The van der Waals surface area contributed by atoms with Crippen LogP contribution in [-0.2, 0) is 7.05 Å². The zero-order chi connectivity index (χ0) is 20.5. The number of para-hydroxylation sites is 2. The lowest BCUT2D eigenvalue weighted by molar-refractivity contribution is -0.617. The molecule has 0 bridgehead atoms. The topological polar surface area (TPSA) is 33.0 Å². The van der Waals surface area contributed by atoms with E-state index in [4.69, 9.17) is 0 Å². The monoisotopic (exact) mass is 389 g/mol. The molecular formula is C27H21N2O+. The van der Waals surface area contributed by atoms with Gasteiger partial charge >= 0.3 is 0 Å². The van der Waals surface area contributed by atoms with E-state index < -0.39 is 0 Å². The standard InChI is InChI=1S/C27H20N2O/c1-29-24-13-7-5-11-22(24)26(23-12-6-8-14-25(23)29)19-15-17-21(18-16-19)28-27(30)20-9-3-2-4-10-20/h2-18H,1H3/p+1. The molecule has 0 atom stereocenters. The summed E-state index contributed by atoms with van der Waals surface area (Å²) >= 11 is 0. The second-order valence-electron chi connectivity index (χ2n) is 7.37. The lowest BCUT2D eigenvalue weighted by Crippen LogP contribution is -2.30. The number of aryl methyl sites for hydroxylation is 1. The van der Waals surface area contributed by atoms with Crippen LogP contribution in [0.3, 0.4) is 0 Å². The Balaban J connectivity index is 1.59. The zero-order valence-electron chi connectivity index (χ0n) is 16.7. The van der Waals surface area contributed by atoms with E-state index >= 15 is 0 Å². The first-order valence-electron chi connectivity index (χ1n) is 9.99. The Morgan fingerprint density at radius 3 is 1.80 bits per heavy atom. The maximum Gasteiger partial charge on any atom is 0.255 e. The second-order valence-corrected chi connectivity index (χ2v) is 7.37. The Morgan fingerprint density at radius 2 is 1.20 bits per heavy atom. The molecule has 0 spiro atoms. The summed E-state index contributed by atoms with van der Waals surface area (Å²) in [6.07, 6.45) is 0. The summed E-state index contributed by atoms with van der Waals surface area (Å²) in [5.74, 6) is -0.106. The number of pyridine rings is 1. The summed E-state index contributed by atoms with van der Waals surface area (Å²) in [6, 6.07) is 34.3. The molecule has 0 fully saturated rings. The van der Waals surface area contributed by atoms with Gasteiger partial charge < -0.3 is 5.32 Å². The number of hydrogen-bond donors (Lipinski definition) is 1. The Labute approximate surface area is 175 Å².